The molecular formula is C23H38N2O4. The maximum absolute atomic E-state index is 10.2. The molecule has 2 saturated carbocycles. The summed E-state index contributed by atoms with van der Waals surface area (Å²) in [7, 11) is 0. The number of aliphatic hydroxyl groups is 2. The lowest BCUT2D eigenvalue weighted by atomic mass is 9.53. The van der Waals surface area contributed by atoms with E-state index in [1.54, 1.807) is 0 Å². The number of hydrogen-bond acceptors (Lipinski definition) is 6. The van der Waals surface area contributed by atoms with Crippen LogP contribution in [0.15, 0.2) is 22.0 Å². The molecule has 0 saturated heterocycles. The van der Waals surface area contributed by atoms with E-state index in [2.05, 4.69) is 37.2 Å². The van der Waals surface area contributed by atoms with Gasteiger partial charge >= 0.3 is 0 Å². The molecule has 0 aromatic heterocycles. The lowest BCUT2D eigenvalue weighted by molar-refractivity contribution is 0.0404. The van der Waals surface area contributed by atoms with Crippen LogP contribution in [-0.2, 0) is 0 Å². The molecule has 2 fully saturated rings. The monoisotopic (exact) mass is 406 g/mol. The van der Waals surface area contributed by atoms with Gasteiger partial charge in [-0.15, -0.1) is 0 Å². The molecule has 4 N–H and O–H groups in total. The molecule has 0 heterocycles. The van der Waals surface area contributed by atoms with Crippen LogP contribution >= 0.6 is 0 Å². The molecule has 0 bridgehead atoms. The molecule has 29 heavy (non-hydrogen) atoms. The predicted molar refractivity (Wildman–Crippen MR) is 113 cm³/mol. The van der Waals surface area contributed by atoms with Crippen molar-refractivity contribution in [1.82, 2.24) is 0 Å². The minimum Gasteiger partial charge on any atom is -0.411 e. The van der Waals surface area contributed by atoms with Gasteiger partial charge in [0.15, 0.2) is 0 Å². The van der Waals surface area contributed by atoms with Crippen LogP contribution in [0.1, 0.15) is 72.6 Å². The SMILES string of the molecule is CC(CO)CCC(=NO)C(C)C1C(=NO)CC2C=C3CC(O)CCC3(C)CC21C. The van der Waals surface area contributed by atoms with Crippen LogP contribution in [0.4, 0.5) is 0 Å². The zero-order valence-corrected chi connectivity index (χ0v) is 18.3. The van der Waals surface area contributed by atoms with Gasteiger partial charge in [0.2, 0.25) is 0 Å². The predicted octanol–water partition coefficient (Wildman–Crippen LogP) is 4.22. The molecule has 164 valence electrons. The van der Waals surface area contributed by atoms with Gasteiger partial charge in [0, 0.05) is 18.4 Å². The highest BCUT2D eigenvalue weighted by molar-refractivity contribution is 5.97. The van der Waals surface area contributed by atoms with Crippen LogP contribution in [0.5, 0.6) is 0 Å². The maximum atomic E-state index is 10.2. The molecule has 0 spiro atoms. The highest BCUT2D eigenvalue weighted by Crippen LogP contribution is 2.63. The summed E-state index contributed by atoms with van der Waals surface area (Å²) in [6, 6.07) is 0. The molecule has 3 rings (SSSR count). The van der Waals surface area contributed by atoms with Crippen molar-refractivity contribution in [3.8, 4) is 0 Å². The molecular weight excluding hydrogens is 368 g/mol. The smallest absolute Gasteiger partial charge is 0.0619 e. The van der Waals surface area contributed by atoms with Crippen molar-refractivity contribution < 1.29 is 20.6 Å². The standard InChI is InChI=1S/C23H38N2O4/c1-14(12-26)5-6-19(24-28)15(2)21-20(25-29)11-17-9-16-10-18(27)7-8-22(16,3)13-23(17,21)4/h9,14-15,17-18,21,26-29H,5-8,10-13H2,1-4H3. The molecule has 3 aliphatic rings. The average Bonchev–Trinajstić information content (AvgIpc) is 2.97. The van der Waals surface area contributed by atoms with Crippen LogP contribution in [0.2, 0.25) is 0 Å². The van der Waals surface area contributed by atoms with Gasteiger partial charge in [0.1, 0.15) is 0 Å². The molecule has 0 aliphatic heterocycles. The average molecular weight is 407 g/mol. The van der Waals surface area contributed by atoms with Gasteiger partial charge in [0.05, 0.1) is 17.5 Å². The summed E-state index contributed by atoms with van der Waals surface area (Å²) in [6.45, 7) is 8.79. The van der Waals surface area contributed by atoms with E-state index >= 15 is 0 Å². The first-order valence-electron chi connectivity index (χ1n) is 11.1. The topological polar surface area (TPSA) is 106 Å². The summed E-state index contributed by atoms with van der Waals surface area (Å²) in [6.07, 6.45) is 7.75. The van der Waals surface area contributed by atoms with Crippen molar-refractivity contribution in [2.45, 2.75) is 78.7 Å². The second-order valence-electron chi connectivity index (χ2n) is 10.4. The molecule has 0 aromatic rings. The van der Waals surface area contributed by atoms with Gasteiger partial charge in [-0.05, 0) is 67.6 Å². The largest absolute Gasteiger partial charge is 0.411 e. The van der Waals surface area contributed by atoms with E-state index in [4.69, 9.17) is 0 Å². The molecule has 7 atom stereocenters. The van der Waals surface area contributed by atoms with Crippen molar-refractivity contribution in [2.75, 3.05) is 6.61 Å². The Morgan fingerprint density at radius 1 is 1.24 bits per heavy atom. The zero-order chi connectivity index (χ0) is 21.4. The summed E-state index contributed by atoms with van der Waals surface area (Å²) in [5.74, 6) is 0.393. The maximum Gasteiger partial charge on any atom is 0.0619 e. The molecule has 7 unspecified atom stereocenters. The van der Waals surface area contributed by atoms with Gasteiger partial charge in [-0.3, -0.25) is 0 Å². The Balaban J connectivity index is 1.91. The Kier molecular flexibility index (Phi) is 6.44. The highest BCUT2D eigenvalue weighted by atomic mass is 16.4. The Bertz CT molecular complexity index is 703. The second-order valence-corrected chi connectivity index (χ2v) is 10.4. The number of nitrogens with zero attached hydrogens (tertiary/aromatic N) is 2. The molecule has 0 amide bonds. The van der Waals surface area contributed by atoms with Crippen molar-refractivity contribution in [3.63, 3.8) is 0 Å². The van der Waals surface area contributed by atoms with Crippen LogP contribution in [0, 0.1) is 34.5 Å². The van der Waals surface area contributed by atoms with Crippen LogP contribution < -0.4 is 0 Å². The number of aliphatic hydroxyl groups excluding tert-OH is 2. The zero-order valence-electron chi connectivity index (χ0n) is 18.3. The minimum atomic E-state index is -0.248. The molecule has 6 heteroatoms. The van der Waals surface area contributed by atoms with E-state index in [9.17, 15) is 20.6 Å². The molecule has 0 aromatic carbocycles. The van der Waals surface area contributed by atoms with Crippen molar-refractivity contribution in [3.05, 3.63) is 11.6 Å². The minimum absolute atomic E-state index is 0.00862. The lowest BCUT2D eigenvalue weighted by Crippen LogP contribution is -2.45. The van der Waals surface area contributed by atoms with Gasteiger partial charge in [-0.25, -0.2) is 0 Å². The van der Waals surface area contributed by atoms with Gasteiger partial charge in [0.25, 0.3) is 0 Å². The number of allylic oxidation sites excluding steroid dienone is 1. The number of rotatable bonds is 6. The number of hydrogen-bond donors (Lipinski definition) is 4. The lowest BCUT2D eigenvalue weighted by Gasteiger charge is -2.52. The van der Waals surface area contributed by atoms with Crippen LogP contribution in [0.3, 0.4) is 0 Å². The fourth-order valence-corrected chi connectivity index (χ4v) is 6.50. The summed E-state index contributed by atoms with van der Waals surface area (Å²) in [5, 5.41) is 46.4. The fraction of sp³-hybridized carbons (Fsp3) is 0.826. The summed E-state index contributed by atoms with van der Waals surface area (Å²) < 4.78 is 0. The van der Waals surface area contributed by atoms with E-state index in [0.29, 0.717) is 12.8 Å². The van der Waals surface area contributed by atoms with Gasteiger partial charge in [-0.1, -0.05) is 49.7 Å². The van der Waals surface area contributed by atoms with E-state index in [1.165, 1.54) is 5.57 Å². The quantitative estimate of drug-likeness (QED) is 0.229. The van der Waals surface area contributed by atoms with E-state index in [-0.39, 0.29) is 47.2 Å². The van der Waals surface area contributed by atoms with E-state index in [1.807, 2.05) is 6.92 Å². The van der Waals surface area contributed by atoms with Gasteiger partial charge < -0.3 is 20.6 Å². The number of fused-ring (bicyclic) bond motifs is 2. The van der Waals surface area contributed by atoms with Crippen molar-refractivity contribution in [1.29, 1.82) is 0 Å². The third-order valence-corrected chi connectivity index (χ3v) is 8.27. The van der Waals surface area contributed by atoms with Crippen LogP contribution in [-0.4, -0.2) is 44.8 Å². The fourth-order valence-electron chi connectivity index (χ4n) is 6.50. The first-order valence-corrected chi connectivity index (χ1v) is 11.1. The van der Waals surface area contributed by atoms with Crippen molar-refractivity contribution in [2.24, 2.45) is 44.8 Å². The summed E-state index contributed by atoms with van der Waals surface area (Å²) in [4.78, 5) is 0. The Hall–Kier alpha value is -1.40. The van der Waals surface area contributed by atoms with E-state index in [0.717, 1.165) is 43.5 Å². The Morgan fingerprint density at radius 3 is 2.59 bits per heavy atom. The second kappa shape index (κ2) is 8.38. The number of oxime groups is 2. The summed E-state index contributed by atoms with van der Waals surface area (Å²) in [5.41, 5.74) is 2.85. The summed E-state index contributed by atoms with van der Waals surface area (Å²) >= 11 is 0. The highest BCUT2D eigenvalue weighted by Gasteiger charge is 2.58. The van der Waals surface area contributed by atoms with Crippen molar-refractivity contribution >= 4 is 11.4 Å². The first-order chi connectivity index (χ1) is 13.7. The first kappa shape index (κ1) is 22.3. The Morgan fingerprint density at radius 2 is 1.97 bits per heavy atom. The van der Waals surface area contributed by atoms with Gasteiger partial charge in [-0.2, -0.15) is 0 Å². The van der Waals surface area contributed by atoms with Crippen LogP contribution in [0.25, 0.3) is 0 Å². The Labute approximate surface area is 174 Å². The third-order valence-electron chi connectivity index (χ3n) is 8.27. The normalized spacial score (nSPS) is 40.9. The molecule has 0 radical (unpaired) electrons. The molecule has 3 aliphatic carbocycles. The van der Waals surface area contributed by atoms with E-state index < -0.39 is 0 Å². The third kappa shape index (κ3) is 3.98. The molecule has 6 nitrogen and oxygen atoms in total.